The van der Waals surface area contributed by atoms with Gasteiger partial charge in [-0.1, -0.05) is 13.8 Å². The molecule has 0 aromatic rings. The number of methoxy groups -OCH3 is 1. The number of hydrogen-bond donors (Lipinski definition) is 2. The van der Waals surface area contributed by atoms with Gasteiger partial charge in [0.25, 0.3) is 0 Å². The van der Waals surface area contributed by atoms with E-state index in [1.807, 2.05) is 0 Å². The molecule has 0 spiro atoms. The standard InChI is InChI=1S/C12H26N2O3/c1-5-10(6-2)14(7-8-17-4)9-11(13-3)12(15)16/h10-11,13H,5-9H2,1-4H3,(H,15,16). The molecule has 1 atom stereocenters. The van der Waals surface area contributed by atoms with Crippen LogP contribution in [0.25, 0.3) is 0 Å². The van der Waals surface area contributed by atoms with E-state index < -0.39 is 12.0 Å². The number of carboxylic acids is 1. The van der Waals surface area contributed by atoms with E-state index in [9.17, 15) is 4.79 Å². The zero-order valence-corrected chi connectivity index (χ0v) is 11.4. The molecule has 0 fully saturated rings. The molecule has 5 nitrogen and oxygen atoms in total. The third-order valence-corrected chi connectivity index (χ3v) is 3.11. The maximum absolute atomic E-state index is 11.0. The van der Waals surface area contributed by atoms with Crippen molar-refractivity contribution in [1.82, 2.24) is 10.2 Å². The minimum Gasteiger partial charge on any atom is -0.480 e. The van der Waals surface area contributed by atoms with Gasteiger partial charge < -0.3 is 15.2 Å². The Hall–Kier alpha value is -0.650. The summed E-state index contributed by atoms with van der Waals surface area (Å²) in [6.07, 6.45) is 2.05. The second kappa shape index (κ2) is 9.39. The summed E-state index contributed by atoms with van der Waals surface area (Å²) in [6, 6.07) is -0.104. The number of aliphatic carboxylic acids is 1. The van der Waals surface area contributed by atoms with Crippen molar-refractivity contribution in [2.45, 2.75) is 38.8 Å². The molecule has 0 bridgehead atoms. The number of ether oxygens (including phenoxy) is 1. The Morgan fingerprint density at radius 2 is 2.00 bits per heavy atom. The minimum atomic E-state index is -0.805. The van der Waals surface area contributed by atoms with Gasteiger partial charge in [-0.15, -0.1) is 0 Å². The minimum absolute atomic E-state index is 0.417. The first-order valence-electron chi connectivity index (χ1n) is 6.23. The molecule has 0 saturated carbocycles. The molecule has 102 valence electrons. The van der Waals surface area contributed by atoms with Crippen molar-refractivity contribution >= 4 is 5.97 Å². The van der Waals surface area contributed by atoms with Gasteiger partial charge in [0.15, 0.2) is 0 Å². The number of rotatable bonds is 10. The predicted octanol–water partition coefficient (Wildman–Crippen LogP) is 0.796. The smallest absolute Gasteiger partial charge is 0.322 e. The van der Waals surface area contributed by atoms with E-state index in [1.165, 1.54) is 0 Å². The number of likely N-dealkylation sites (N-methyl/N-ethyl adjacent to an activating group) is 1. The highest BCUT2D eigenvalue weighted by Crippen LogP contribution is 2.09. The van der Waals surface area contributed by atoms with Crippen LogP contribution >= 0.6 is 0 Å². The molecule has 5 heteroatoms. The summed E-state index contributed by atoms with van der Waals surface area (Å²) in [6.45, 7) is 6.18. The van der Waals surface area contributed by atoms with E-state index in [2.05, 4.69) is 24.1 Å². The highest BCUT2D eigenvalue weighted by Gasteiger charge is 2.22. The van der Waals surface area contributed by atoms with Crippen molar-refractivity contribution in [2.24, 2.45) is 0 Å². The fraction of sp³-hybridized carbons (Fsp3) is 0.917. The van der Waals surface area contributed by atoms with Crippen molar-refractivity contribution in [1.29, 1.82) is 0 Å². The van der Waals surface area contributed by atoms with Crippen molar-refractivity contribution in [3.05, 3.63) is 0 Å². The van der Waals surface area contributed by atoms with Crippen LogP contribution in [0.5, 0.6) is 0 Å². The van der Waals surface area contributed by atoms with Gasteiger partial charge in [0.2, 0.25) is 0 Å². The molecule has 0 amide bonds. The topological polar surface area (TPSA) is 61.8 Å². The largest absolute Gasteiger partial charge is 0.480 e. The Balaban J connectivity index is 4.49. The summed E-state index contributed by atoms with van der Waals surface area (Å²) >= 11 is 0. The van der Waals surface area contributed by atoms with Crippen LogP contribution in [0.2, 0.25) is 0 Å². The van der Waals surface area contributed by atoms with Crippen molar-refractivity contribution in [3.8, 4) is 0 Å². The lowest BCUT2D eigenvalue weighted by molar-refractivity contribution is -0.140. The van der Waals surface area contributed by atoms with Crippen molar-refractivity contribution in [2.75, 3.05) is 33.9 Å². The molecular weight excluding hydrogens is 220 g/mol. The fourth-order valence-corrected chi connectivity index (χ4v) is 1.96. The molecule has 2 N–H and O–H groups in total. The van der Waals surface area contributed by atoms with Crippen molar-refractivity contribution < 1.29 is 14.6 Å². The average Bonchev–Trinajstić information content (AvgIpc) is 2.32. The Morgan fingerprint density at radius 3 is 2.35 bits per heavy atom. The van der Waals surface area contributed by atoms with Gasteiger partial charge in [-0.2, -0.15) is 0 Å². The van der Waals surface area contributed by atoms with Crippen LogP contribution in [0.4, 0.5) is 0 Å². The summed E-state index contributed by atoms with van der Waals surface area (Å²) in [7, 11) is 3.35. The molecule has 1 unspecified atom stereocenters. The second-order valence-corrected chi connectivity index (χ2v) is 4.14. The van der Waals surface area contributed by atoms with Crippen LogP contribution in [-0.2, 0) is 9.53 Å². The van der Waals surface area contributed by atoms with Crippen molar-refractivity contribution in [3.63, 3.8) is 0 Å². The molecule has 0 aromatic carbocycles. The number of carboxylic acid groups (broad SMARTS) is 1. The first kappa shape index (κ1) is 16.4. The predicted molar refractivity (Wildman–Crippen MR) is 68.3 cm³/mol. The molecule has 0 saturated heterocycles. The molecular formula is C12H26N2O3. The summed E-state index contributed by atoms with van der Waals surface area (Å²) in [5.41, 5.74) is 0. The molecule has 0 aromatic heterocycles. The number of hydrogen-bond acceptors (Lipinski definition) is 4. The van der Waals surface area contributed by atoms with E-state index in [0.717, 1.165) is 19.4 Å². The van der Waals surface area contributed by atoms with E-state index in [4.69, 9.17) is 9.84 Å². The summed E-state index contributed by atoms with van der Waals surface area (Å²) in [5, 5.41) is 11.9. The molecule has 0 radical (unpaired) electrons. The number of nitrogens with zero attached hydrogens (tertiary/aromatic N) is 1. The summed E-state index contributed by atoms with van der Waals surface area (Å²) < 4.78 is 5.08. The molecule has 0 aliphatic heterocycles. The second-order valence-electron chi connectivity index (χ2n) is 4.14. The maximum Gasteiger partial charge on any atom is 0.322 e. The lowest BCUT2D eigenvalue weighted by atomic mass is 10.1. The van der Waals surface area contributed by atoms with Crippen LogP contribution in [-0.4, -0.2) is 61.9 Å². The number of carbonyl (C=O) groups is 1. The summed E-state index contributed by atoms with van der Waals surface area (Å²) in [4.78, 5) is 13.2. The summed E-state index contributed by atoms with van der Waals surface area (Å²) in [5.74, 6) is -0.805. The van der Waals surface area contributed by atoms with Gasteiger partial charge in [0, 0.05) is 26.2 Å². The Morgan fingerprint density at radius 1 is 1.41 bits per heavy atom. The Bertz CT molecular complexity index is 208. The Labute approximate surface area is 104 Å². The maximum atomic E-state index is 11.0. The van der Waals surface area contributed by atoms with E-state index in [1.54, 1.807) is 14.2 Å². The van der Waals surface area contributed by atoms with Crippen LogP contribution < -0.4 is 5.32 Å². The number of nitrogens with one attached hydrogen (secondary N) is 1. The highest BCUT2D eigenvalue weighted by molar-refractivity contribution is 5.73. The SMILES string of the molecule is CCC(CC)N(CCOC)CC(NC)C(=O)O. The molecule has 0 rings (SSSR count). The van der Waals surface area contributed by atoms with Crippen LogP contribution in [0.1, 0.15) is 26.7 Å². The van der Waals surface area contributed by atoms with Gasteiger partial charge in [0.05, 0.1) is 6.61 Å². The molecule has 17 heavy (non-hydrogen) atoms. The lowest BCUT2D eigenvalue weighted by Gasteiger charge is -2.32. The first-order valence-corrected chi connectivity index (χ1v) is 6.23. The fourth-order valence-electron chi connectivity index (χ4n) is 1.96. The zero-order chi connectivity index (χ0) is 13.3. The molecule has 0 heterocycles. The van der Waals surface area contributed by atoms with Gasteiger partial charge in [-0.3, -0.25) is 9.69 Å². The van der Waals surface area contributed by atoms with Crippen LogP contribution in [0.3, 0.4) is 0 Å². The highest BCUT2D eigenvalue weighted by atomic mass is 16.5. The monoisotopic (exact) mass is 246 g/mol. The van der Waals surface area contributed by atoms with Gasteiger partial charge in [0.1, 0.15) is 6.04 Å². The molecule has 0 aliphatic rings. The first-order chi connectivity index (χ1) is 8.10. The van der Waals surface area contributed by atoms with Crippen LogP contribution in [0.15, 0.2) is 0 Å². The van der Waals surface area contributed by atoms with Gasteiger partial charge in [-0.25, -0.2) is 0 Å². The van der Waals surface area contributed by atoms with E-state index in [-0.39, 0.29) is 0 Å². The third kappa shape index (κ3) is 6.00. The van der Waals surface area contributed by atoms with E-state index in [0.29, 0.717) is 19.2 Å². The molecule has 0 aliphatic carbocycles. The van der Waals surface area contributed by atoms with Gasteiger partial charge >= 0.3 is 5.97 Å². The van der Waals surface area contributed by atoms with Crippen LogP contribution in [0, 0.1) is 0 Å². The third-order valence-electron chi connectivity index (χ3n) is 3.11. The van der Waals surface area contributed by atoms with E-state index >= 15 is 0 Å². The normalized spacial score (nSPS) is 13.3. The quantitative estimate of drug-likeness (QED) is 0.597. The van der Waals surface area contributed by atoms with Gasteiger partial charge in [-0.05, 0) is 19.9 Å². The zero-order valence-electron chi connectivity index (χ0n) is 11.4. The lowest BCUT2D eigenvalue weighted by Crippen LogP contribution is -2.49. The average molecular weight is 246 g/mol. The Kier molecular flexibility index (Phi) is 9.03.